The van der Waals surface area contributed by atoms with Crippen LogP contribution in [0, 0.1) is 0 Å². The summed E-state index contributed by atoms with van der Waals surface area (Å²) >= 11 is 0. The van der Waals surface area contributed by atoms with Gasteiger partial charge in [0, 0.05) is 45.6 Å². The Bertz CT molecular complexity index is 2930. The van der Waals surface area contributed by atoms with E-state index in [1.165, 1.54) is 76.8 Å². The van der Waals surface area contributed by atoms with Crippen LogP contribution in [-0.4, -0.2) is 15.7 Å². The highest BCUT2D eigenvalue weighted by atomic mass is 15.1. The minimum atomic E-state index is -0.341. The van der Waals surface area contributed by atoms with Crippen molar-refractivity contribution in [2.75, 3.05) is 6.54 Å². The molecule has 59 heavy (non-hydrogen) atoms. The van der Waals surface area contributed by atoms with Gasteiger partial charge in [0.05, 0.1) is 28.4 Å². The summed E-state index contributed by atoms with van der Waals surface area (Å²) in [5.41, 5.74) is 28.7. The fourth-order valence-electron chi connectivity index (χ4n) is 9.03. The monoisotopic (exact) mass is 771 g/mol. The van der Waals surface area contributed by atoms with Gasteiger partial charge in [-0.15, -0.1) is 0 Å². The first kappa shape index (κ1) is 39.3. The number of benzene rings is 7. The Morgan fingerprint density at radius 3 is 1.97 bits per heavy atom. The van der Waals surface area contributed by atoms with Crippen molar-refractivity contribution in [3.63, 3.8) is 0 Å². The second kappa shape index (κ2) is 17.6. The molecule has 2 aromatic heterocycles. The quantitative estimate of drug-likeness (QED) is 0.0946. The number of hydrogen-bond acceptors (Lipinski definition) is 3. The molecule has 0 bridgehead atoms. The Hall–Kier alpha value is -6.50. The number of hydrogen-bond donors (Lipinski definition) is 3. The molecule has 1 aliphatic carbocycles. The lowest BCUT2D eigenvalue weighted by molar-refractivity contribution is 0.425. The van der Waals surface area contributed by atoms with Gasteiger partial charge in [0.25, 0.3) is 0 Å². The van der Waals surface area contributed by atoms with Crippen molar-refractivity contribution in [1.82, 2.24) is 9.13 Å². The molecular weight excluding hydrogens is 719 g/mol. The van der Waals surface area contributed by atoms with E-state index in [2.05, 4.69) is 157 Å². The molecule has 3 heterocycles. The van der Waals surface area contributed by atoms with Crippen LogP contribution in [0.15, 0.2) is 195 Å². The standard InChI is InChI=1S/C35H27N3.C8H10.C7H10N2.C4H6/c36-20-21-13-17-31-28(19-21)25-10-4-6-12-30(25)38-32-18-14-22-7-1-2-8-23(22)33(32)27-16-15-26-24-9-3-5-11-29(24)37(31)34(26)35(27)38;1-2-8-6-4-3-5-7-8;8-7(9)6-4-2-1-3-5-6;1-3-4-2/h1-12,14-16,18-19,28,31H,13,17,20,36H2;3-7H,2H2,1H3;1-5,7H,8-9H2;3-4H,1-2H2. The van der Waals surface area contributed by atoms with Crippen molar-refractivity contribution >= 4 is 54.4 Å². The molecule has 1 aliphatic heterocycles. The summed E-state index contributed by atoms with van der Waals surface area (Å²) in [6.45, 7) is 9.52. The Morgan fingerprint density at radius 1 is 0.644 bits per heavy atom. The number of nitrogens with two attached hydrogens (primary N) is 3. The molecule has 0 spiro atoms. The number of allylic oxidation sites excluding steroid dienone is 3. The summed E-state index contributed by atoms with van der Waals surface area (Å²) < 4.78 is 5.25. The molecule has 0 fully saturated rings. The highest BCUT2D eigenvalue weighted by Gasteiger charge is 2.35. The van der Waals surface area contributed by atoms with Crippen LogP contribution in [-0.2, 0) is 6.42 Å². The third-order valence-corrected chi connectivity index (χ3v) is 11.8. The maximum Gasteiger partial charge on any atom is 0.0785 e. The second-order valence-electron chi connectivity index (χ2n) is 15.2. The van der Waals surface area contributed by atoms with Gasteiger partial charge in [-0.25, -0.2) is 0 Å². The van der Waals surface area contributed by atoms with E-state index in [-0.39, 0.29) is 12.1 Å². The van der Waals surface area contributed by atoms with E-state index < -0.39 is 0 Å². The van der Waals surface area contributed by atoms with Gasteiger partial charge in [0.2, 0.25) is 0 Å². The van der Waals surface area contributed by atoms with Crippen LogP contribution in [0.5, 0.6) is 0 Å². The SMILES string of the molecule is C=CC=C.CCc1ccccc1.NC(N)c1ccccc1.NCC1=CC2c3ccccc3-n3c4ccc5ccccc5c4c4ccc5c6ccccc6n(c5c43)C2CC1. The lowest BCUT2D eigenvalue weighted by atomic mass is 9.80. The Morgan fingerprint density at radius 2 is 1.29 bits per heavy atom. The van der Waals surface area contributed by atoms with Crippen molar-refractivity contribution < 1.29 is 0 Å². The van der Waals surface area contributed by atoms with Crippen LogP contribution in [0.4, 0.5) is 0 Å². The molecule has 5 nitrogen and oxygen atoms in total. The summed E-state index contributed by atoms with van der Waals surface area (Å²) in [5.74, 6) is 0.263. The molecule has 0 radical (unpaired) electrons. The molecule has 0 saturated heterocycles. The van der Waals surface area contributed by atoms with Crippen molar-refractivity contribution in [1.29, 1.82) is 0 Å². The first-order chi connectivity index (χ1) is 29.0. The topological polar surface area (TPSA) is 87.9 Å². The predicted molar refractivity (Wildman–Crippen MR) is 253 cm³/mol. The summed E-state index contributed by atoms with van der Waals surface area (Å²) in [7, 11) is 0. The lowest BCUT2D eigenvalue weighted by Crippen LogP contribution is -2.24. The zero-order valence-corrected chi connectivity index (χ0v) is 33.8. The Kier molecular flexibility index (Phi) is 11.7. The molecular formula is C54H53N5. The normalized spacial score (nSPS) is 15.2. The molecule has 7 aromatic carbocycles. The van der Waals surface area contributed by atoms with E-state index in [9.17, 15) is 0 Å². The smallest absolute Gasteiger partial charge is 0.0785 e. The lowest BCUT2D eigenvalue weighted by Gasteiger charge is -2.36. The largest absolute Gasteiger partial charge is 0.335 e. The summed E-state index contributed by atoms with van der Waals surface area (Å²) in [4.78, 5) is 0. The molecule has 2 aliphatic rings. The molecule has 5 heteroatoms. The van der Waals surface area contributed by atoms with Crippen LogP contribution in [0.25, 0.3) is 60.1 Å². The highest BCUT2D eigenvalue weighted by molar-refractivity contribution is 6.28. The summed E-state index contributed by atoms with van der Waals surface area (Å²) in [5, 5.41) is 7.95. The molecule has 0 amide bonds. The van der Waals surface area contributed by atoms with Crippen molar-refractivity contribution in [2.24, 2.45) is 17.2 Å². The number of aryl methyl sites for hydroxylation is 1. The predicted octanol–water partition coefficient (Wildman–Crippen LogP) is 12.6. The van der Waals surface area contributed by atoms with E-state index in [1.54, 1.807) is 12.2 Å². The number of nitrogens with zero attached hydrogens (tertiary/aromatic N) is 2. The van der Waals surface area contributed by atoms with Gasteiger partial charge in [0.15, 0.2) is 0 Å². The maximum absolute atomic E-state index is 6.23. The van der Waals surface area contributed by atoms with Gasteiger partial charge < -0.3 is 26.3 Å². The minimum absolute atomic E-state index is 0.263. The Labute approximate surface area is 347 Å². The number of para-hydroxylation sites is 2. The van der Waals surface area contributed by atoms with Crippen LogP contribution < -0.4 is 17.2 Å². The van der Waals surface area contributed by atoms with Crippen LogP contribution in [0.2, 0.25) is 0 Å². The molecule has 6 N–H and O–H groups in total. The molecule has 2 atom stereocenters. The molecule has 9 aromatic rings. The molecule has 0 saturated carbocycles. The van der Waals surface area contributed by atoms with Gasteiger partial charge in [-0.3, -0.25) is 0 Å². The highest BCUT2D eigenvalue weighted by Crippen LogP contribution is 2.51. The van der Waals surface area contributed by atoms with Crippen molar-refractivity contribution in [3.05, 3.63) is 211 Å². The van der Waals surface area contributed by atoms with E-state index >= 15 is 0 Å². The number of fused-ring (bicyclic) bond motifs is 13. The van der Waals surface area contributed by atoms with E-state index in [0.29, 0.717) is 12.6 Å². The average Bonchev–Trinajstić information content (AvgIpc) is 3.82. The van der Waals surface area contributed by atoms with Crippen LogP contribution >= 0.6 is 0 Å². The molecule has 11 rings (SSSR count). The Balaban J connectivity index is 0.000000189. The van der Waals surface area contributed by atoms with Gasteiger partial charge >= 0.3 is 0 Å². The average molecular weight is 772 g/mol. The first-order valence-electron chi connectivity index (χ1n) is 20.7. The fourth-order valence-corrected chi connectivity index (χ4v) is 9.03. The van der Waals surface area contributed by atoms with Gasteiger partial charge in [-0.1, -0.05) is 183 Å². The third-order valence-electron chi connectivity index (χ3n) is 11.8. The maximum atomic E-state index is 6.23. The fraction of sp³-hybridized carbons (Fsp3) is 0.148. The minimum Gasteiger partial charge on any atom is -0.335 e. The van der Waals surface area contributed by atoms with Crippen LogP contribution in [0.3, 0.4) is 0 Å². The second-order valence-corrected chi connectivity index (χ2v) is 15.2. The number of rotatable bonds is 4. The van der Waals surface area contributed by atoms with E-state index in [4.69, 9.17) is 17.2 Å². The van der Waals surface area contributed by atoms with Crippen molar-refractivity contribution in [2.45, 2.75) is 44.3 Å². The van der Waals surface area contributed by atoms with Crippen LogP contribution in [0.1, 0.15) is 54.6 Å². The molecule has 2 unspecified atom stereocenters. The summed E-state index contributed by atoms with van der Waals surface area (Å²) in [6.07, 6.45) is 8.71. The van der Waals surface area contributed by atoms with Gasteiger partial charge in [-0.2, -0.15) is 0 Å². The van der Waals surface area contributed by atoms with Crippen molar-refractivity contribution in [3.8, 4) is 5.69 Å². The third kappa shape index (κ3) is 7.41. The van der Waals surface area contributed by atoms with E-state index in [1.807, 2.05) is 36.4 Å². The zero-order valence-electron chi connectivity index (χ0n) is 33.8. The zero-order chi connectivity index (χ0) is 40.9. The van der Waals surface area contributed by atoms with E-state index in [0.717, 1.165) is 24.8 Å². The van der Waals surface area contributed by atoms with Gasteiger partial charge in [-0.05, 0) is 64.9 Å². The summed E-state index contributed by atoms with van der Waals surface area (Å²) in [6, 6.07) is 56.6. The molecule has 294 valence electrons. The first-order valence-corrected chi connectivity index (χ1v) is 20.7. The number of aromatic nitrogens is 2. The van der Waals surface area contributed by atoms with Gasteiger partial charge in [0.1, 0.15) is 0 Å².